The first-order chi connectivity index (χ1) is 16.4. The Kier molecular flexibility index (Phi) is 5.74. The molecule has 0 saturated carbocycles. The van der Waals surface area contributed by atoms with Crippen LogP contribution < -0.4 is 15.9 Å². The zero-order valence-electron chi connectivity index (χ0n) is 18.3. The van der Waals surface area contributed by atoms with Crippen molar-refractivity contribution >= 4 is 17.4 Å². The Hall–Kier alpha value is -3.80. The van der Waals surface area contributed by atoms with Crippen molar-refractivity contribution in [2.45, 2.75) is 0 Å². The van der Waals surface area contributed by atoms with Crippen LogP contribution in [0.25, 0.3) is 27.9 Å². The maximum absolute atomic E-state index is 14.7. The summed E-state index contributed by atoms with van der Waals surface area (Å²) >= 11 is 6.45. The van der Waals surface area contributed by atoms with Crippen LogP contribution >= 0.6 is 11.6 Å². The Morgan fingerprint density at radius 3 is 2.41 bits per heavy atom. The van der Waals surface area contributed by atoms with Crippen LogP contribution in [0.5, 0.6) is 5.75 Å². The lowest BCUT2D eigenvalue weighted by Crippen LogP contribution is -2.43. The standard InChI is InChI=1S/C25H21ClFN5O2/c1-30-10-11-32(25(30)34)22-3-2-16(12-21(22)26)19-14-18(27)15-20(24(19)33)17-4-5-29-23(13-17)31-8-6-28-7-9-31/h2-5,12-15,28,33H,6-9H2,1H3. The number of phenolic OH excluding ortho intramolecular Hbond substituents is 1. The Morgan fingerprint density at radius 1 is 1.06 bits per heavy atom. The summed E-state index contributed by atoms with van der Waals surface area (Å²) in [5.41, 5.74) is 1.89. The van der Waals surface area contributed by atoms with Gasteiger partial charge < -0.3 is 15.3 Å². The monoisotopic (exact) mass is 477 g/mol. The molecule has 5 rings (SSSR count). The minimum Gasteiger partial charge on any atom is -0.507 e. The Bertz CT molecular complexity index is 1430. The number of pyridine rings is 1. The minimum atomic E-state index is -0.495. The summed E-state index contributed by atoms with van der Waals surface area (Å²) in [7, 11) is 1.57. The van der Waals surface area contributed by atoms with Gasteiger partial charge in [0.05, 0.1) is 10.7 Å². The van der Waals surface area contributed by atoms with E-state index in [2.05, 4.69) is 27.6 Å². The lowest BCUT2D eigenvalue weighted by Gasteiger charge is -2.28. The lowest BCUT2D eigenvalue weighted by molar-refractivity contribution is 0.477. The van der Waals surface area contributed by atoms with E-state index >= 15 is 0 Å². The second-order valence-electron chi connectivity index (χ2n) is 8.06. The highest BCUT2D eigenvalue weighted by atomic mass is 35.5. The van der Waals surface area contributed by atoms with Gasteiger partial charge in [0.2, 0.25) is 0 Å². The van der Waals surface area contributed by atoms with Crippen molar-refractivity contribution in [1.82, 2.24) is 19.4 Å². The predicted octanol–water partition coefficient (Wildman–Crippen LogP) is 3.41. The van der Waals surface area contributed by atoms with E-state index < -0.39 is 5.82 Å². The molecule has 1 aliphatic heterocycles. The van der Waals surface area contributed by atoms with Crippen molar-refractivity contribution in [1.29, 1.82) is 0 Å². The molecule has 0 bridgehead atoms. The molecule has 9 heteroatoms. The topological polar surface area (TPSA) is 75.3 Å². The number of nitrogens with zero attached hydrogens (tertiary/aromatic N) is 4. The van der Waals surface area contributed by atoms with Gasteiger partial charge in [-0.1, -0.05) is 17.7 Å². The van der Waals surface area contributed by atoms with Crippen molar-refractivity contribution in [3.8, 4) is 33.7 Å². The van der Waals surface area contributed by atoms with Crippen molar-refractivity contribution in [3.63, 3.8) is 0 Å². The average Bonchev–Trinajstić information content (AvgIpc) is 3.18. The van der Waals surface area contributed by atoms with Gasteiger partial charge in [0.1, 0.15) is 17.4 Å². The molecule has 2 N–H and O–H groups in total. The Labute approximate surface area is 200 Å². The van der Waals surface area contributed by atoms with Gasteiger partial charge >= 0.3 is 5.69 Å². The van der Waals surface area contributed by atoms with Gasteiger partial charge in [-0.3, -0.25) is 4.57 Å². The normalized spacial score (nSPS) is 13.7. The maximum atomic E-state index is 14.7. The van der Waals surface area contributed by atoms with Crippen LogP contribution in [0.4, 0.5) is 10.2 Å². The van der Waals surface area contributed by atoms with E-state index in [1.165, 1.54) is 21.3 Å². The third kappa shape index (κ3) is 4.00. The molecule has 4 aromatic rings. The number of aromatic nitrogens is 3. The summed E-state index contributed by atoms with van der Waals surface area (Å²) < 4.78 is 17.2. The number of benzene rings is 2. The van der Waals surface area contributed by atoms with Crippen LogP contribution in [0, 0.1) is 18.2 Å². The van der Waals surface area contributed by atoms with Crippen LogP contribution in [0.15, 0.2) is 53.5 Å². The summed E-state index contributed by atoms with van der Waals surface area (Å²) in [5, 5.41) is 14.7. The number of anilines is 1. The molecule has 2 aromatic heterocycles. The quantitative estimate of drug-likeness (QED) is 0.471. The molecule has 1 saturated heterocycles. The van der Waals surface area contributed by atoms with Gasteiger partial charge in [-0.15, -0.1) is 0 Å². The van der Waals surface area contributed by atoms with E-state index in [0.29, 0.717) is 27.9 Å². The van der Waals surface area contributed by atoms with Crippen LogP contribution in [-0.4, -0.2) is 45.4 Å². The maximum Gasteiger partial charge on any atom is 0.347 e. The summed E-state index contributed by atoms with van der Waals surface area (Å²) in [6.45, 7) is 3.37. The fourth-order valence-corrected chi connectivity index (χ4v) is 4.35. The van der Waals surface area contributed by atoms with E-state index in [9.17, 15) is 14.3 Å². The summed E-state index contributed by atoms with van der Waals surface area (Å²) in [6.07, 6.45) is 7.03. The molecule has 172 valence electrons. The van der Waals surface area contributed by atoms with Crippen molar-refractivity contribution < 1.29 is 9.50 Å². The van der Waals surface area contributed by atoms with Gasteiger partial charge in [-0.25, -0.2) is 18.7 Å². The van der Waals surface area contributed by atoms with E-state index in [1.54, 1.807) is 37.5 Å². The van der Waals surface area contributed by atoms with Gasteiger partial charge in [0.15, 0.2) is 0 Å². The first-order valence-electron chi connectivity index (χ1n) is 10.8. The molecule has 34 heavy (non-hydrogen) atoms. The molecule has 1 aliphatic rings. The fourth-order valence-electron chi connectivity index (χ4n) is 4.08. The third-order valence-corrected chi connectivity index (χ3v) is 6.18. The smallest absolute Gasteiger partial charge is 0.347 e. The average molecular weight is 478 g/mol. The first kappa shape index (κ1) is 22.0. The molecule has 1 fully saturated rings. The van der Waals surface area contributed by atoms with Crippen LogP contribution in [0.3, 0.4) is 0 Å². The molecular weight excluding hydrogens is 457 g/mol. The minimum absolute atomic E-state index is 0.0700. The number of aromatic hydroxyl groups is 1. The second kappa shape index (κ2) is 8.86. The van der Waals surface area contributed by atoms with E-state index in [-0.39, 0.29) is 16.5 Å². The fraction of sp³-hybridized carbons (Fsp3) is 0.200. The summed E-state index contributed by atoms with van der Waals surface area (Å²) in [5.74, 6) is 0.211. The van der Waals surface area contributed by atoms with Gasteiger partial charge in [-0.2, -0.15) is 0 Å². The molecule has 0 aliphatic carbocycles. The SMILES string of the molecule is Cn1c#cn(-c2ccc(-c3cc(F)cc(-c4ccnc(N5CCNCC5)c4)c3O)cc2Cl)c1=O. The zero-order valence-corrected chi connectivity index (χ0v) is 19.1. The number of halogens is 2. The summed E-state index contributed by atoms with van der Waals surface area (Å²) in [6, 6.07) is 11.0. The van der Waals surface area contributed by atoms with Gasteiger partial charge in [0, 0.05) is 62.9 Å². The van der Waals surface area contributed by atoms with Crippen LogP contribution in [0.1, 0.15) is 0 Å². The summed E-state index contributed by atoms with van der Waals surface area (Å²) in [4.78, 5) is 18.8. The van der Waals surface area contributed by atoms with E-state index in [4.69, 9.17) is 11.6 Å². The van der Waals surface area contributed by atoms with E-state index in [1.807, 2.05) is 6.07 Å². The number of rotatable bonds is 4. The Morgan fingerprint density at radius 2 is 1.76 bits per heavy atom. The van der Waals surface area contributed by atoms with E-state index in [0.717, 1.165) is 32.0 Å². The second-order valence-corrected chi connectivity index (χ2v) is 8.46. The Balaban J connectivity index is 1.55. The highest BCUT2D eigenvalue weighted by molar-refractivity contribution is 6.32. The van der Waals surface area contributed by atoms with Crippen molar-refractivity contribution in [3.05, 3.63) is 82.4 Å². The van der Waals surface area contributed by atoms with Gasteiger partial charge in [-0.05, 0) is 47.5 Å². The number of phenols is 1. The number of hydrogen-bond donors (Lipinski definition) is 2. The highest BCUT2D eigenvalue weighted by Gasteiger charge is 2.18. The first-order valence-corrected chi connectivity index (χ1v) is 11.1. The molecule has 0 radical (unpaired) electrons. The van der Waals surface area contributed by atoms with Crippen LogP contribution in [-0.2, 0) is 7.05 Å². The number of hydrogen-bond acceptors (Lipinski definition) is 5. The van der Waals surface area contributed by atoms with Crippen molar-refractivity contribution in [2.75, 3.05) is 31.1 Å². The molecule has 0 unspecified atom stereocenters. The molecule has 0 amide bonds. The van der Waals surface area contributed by atoms with Crippen LogP contribution in [0.2, 0.25) is 5.02 Å². The van der Waals surface area contributed by atoms with Crippen molar-refractivity contribution in [2.24, 2.45) is 7.05 Å². The predicted molar refractivity (Wildman–Crippen MR) is 129 cm³/mol. The third-order valence-electron chi connectivity index (χ3n) is 5.88. The largest absolute Gasteiger partial charge is 0.507 e. The molecular formula is C25H21ClFN5O2. The lowest BCUT2D eigenvalue weighted by atomic mass is 9.97. The number of piperazine rings is 1. The molecule has 7 nitrogen and oxygen atoms in total. The molecule has 2 aromatic carbocycles. The number of nitrogens with one attached hydrogen (secondary N) is 1. The molecule has 0 atom stereocenters. The molecule has 0 spiro atoms. The molecule has 3 heterocycles. The highest BCUT2D eigenvalue weighted by Crippen LogP contribution is 2.40. The zero-order chi connectivity index (χ0) is 23.8. The van der Waals surface area contributed by atoms with Gasteiger partial charge in [0.25, 0.3) is 0 Å².